The molecule has 0 unspecified atom stereocenters. The normalized spacial score (nSPS) is 14.6. The fourth-order valence-corrected chi connectivity index (χ4v) is 6.08. The van der Waals surface area contributed by atoms with Gasteiger partial charge in [-0.1, -0.05) is 11.3 Å². The Morgan fingerprint density at radius 2 is 1.78 bits per heavy atom. The van der Waals surface area contributed by atoms with E-state index in [4.69, 9.17) is 9.47 Å². The van der Waals surface area contributed by atoms with Gasteiger partial charge in [-0.15, -0.1) is 0 Å². The van der Waals surface area contributed by atoms with Gasteiger partial charge in [0.1, 0.15) is 0 Å². The number of amides is 1. The van der Waals surface area contributed by atoms with Gasteiger partial charge in [0.2, 0.25) is 10.0 Å². The number of sulfonamides is 1. The van der Waals surface area contributed by atoms with E-state index in [2.05, 4.69) is 10.3 Å². The van der Waals surface area contributed by atoms with E-state index in [1.807, 2.05) is 13.8 Å². The molecule has 32 heavy (non-hydrogen) atoms. The quantitative estimate of drug-likeness (QED) is 0.526. The zero-order chi connectivity index (χ0) is 22.7. The minimum atomic E-state index is -3.51. The Balaban J connectivity index is 1.55. The van der Waals surface area contributed by atoms with Crippen LogP contribution in [0.15, 0.2) is 41.3 Å². The predicted octanol–water partition coefficient (Wildman–Crippen LogP) is 4.13. The van der Waals surface area contributed by atoms with Gasteiger partial charge in [-0.3, -0.25) is 10.1 Å². The summed E-state index contributed by atoms with van der Waals surface area (Å²) in [5, 5.41) is 3.19. The van der Waals surface area contributed by atoms with Crippen LogP contribution in [-0.2, 0) is 10.0 Å². The number of anilines is 1. The molecular weight excluding hydrogens is 450 g/mol. The van der Waals surface area contributed by atoms with E-state index in [1.165, 1.54) is 15.6 Å². The van der Waals surface area contributed by atoms with Crippen molar-refractivity contribution in [3.63, 3.8) is 0 Å². The highest BCUT2D eigenvalue weighted by molar-refractivity contribution is 7.89. The van der Waals surface area contributed by atoms with Crippen molar-refractivity contribution in [1.82, 2.24) is 9.29 Å². The van der Waals surface area contributed by atoms with E-state index in [1.54, 1.807) is 36.4 Å². The molecule has 1 amide bonds. The number of nitrogens with zero attached hydrogens (tertiary/aromatic N) is 2. The molecule has 1 aliphatic heterocycles. The van der Waals surface area contributed by atoms with E-state index in [9.17, 15) is 13.2 Å². The SMILES string of the molecule is CCOc1ccc(C(=O)Nc2nc3ccc(S(=O)(=O)N4CCCC4)cc3s2)cc1OCC. The number of aromatic nitrogens is 1. The molecule has 1 saturated heterocycles. The first-order valence-corrected chi connectivity index (χ1v) is 12.8. The molecule has 0 atom stereocenters. The molecule has 1 aliphatic rings. The molecule has 1 N–H and O–H groups in total. The van der Waals surface area contributed by atoms with Gasteiger partial charge in [-0.2, -0.15) is 4.31 Å². The Morgan fingerprint density at radius 1 is 1.06 bits per heavy atom. The van der Waals surface area contributed by atoms with Gasteiger partial charge in [0.15, 0.2) is 16.6 Å². The van der Waals surface area contributed by atoms with E-state index >= 15 is 0 Å². The number of ether oxygens (including phenoxy) is 2. The first-order chi connectivity index (χ1) is 15.4. The van der Waals surface area contributed by atoms with Crippen molar-refractivity contribution >= 4 is 42.6 Å². The minimum Gasteiger partial charge on any atom is -0.490 e. The Morgan fingerprint density at radius 3 is 2.50 bits per heavy atom. The number of carbonyl (C=O) groups is 1. The smallest absolute Gasteiger partial charge is 0.257 e. The molecule has 170 valence electrons. The summed E-state index contributed by atoms with van der Waals surface area (Å²) in [4.78, 5) is 17.5. The Hall–Kier alpha value is -2.69. The van der Waals surface area contributed by atoms with Crippen LogP contribution in [0.4, 0.5) is 5.13 Å². The van der Waals surface area contributed by atoms with Gasteiger partial charge in [-0.25, -0.2) is 13.4 Å². The highest BCUT2D eigenvalue weighted by Crippen LogP contribution is 2.32. The summed E-state index contributed by atoms with van der Waals surface area (Å²) in [5.41, 5.74) is 1.04. The van der Waals surface area contributed by atoms with Crippen LogP contribution in [0.25, 0.3) is 10.2 Å². The number of benzene rings is 2. The summed E-state index contributed by atoms with van der Waals surface area (Å²) in [5.74, 6) is 0.749. The van der Waals surface area contributed by atoms with Crippen molar-refractivity contribution in [3.05, 3.63) is 42.0 Å². The summed E-state index contributed by atoms with van der Waals surface area (Å²) in [6.07, 6.45) is 1.77. The predicted molar refractivity (Wildman–Crippen MR) is 124 cm³/mol. The monoisotopic (exact) mass is 475 g/mol. The zero-order valence-electron chi connectivity index (χ0n) is 18.0. The molecule has 1 aromatic heterocycles. The third-order valence-electron chi connectivity index (χ3n) is 5.09. The first-order valence-electron chi connectivity index (χ1n) is 10.5. The van der Waals surface area contributed by atoms with Gasteiger partial charge >= 0.3 is 0 Å². The van der Waals surface area contributed by atoms with Crippen LogP contribution in [0.3, 0.4) is 0 Å². The molecule has 0 aliphatic carbocycles. The topological polar surface area (TPSA) is 97.8 Å². The van der Waals surface area contributed by atoms with Crippen LogP contribution in [0.2, 0.25) is 0 Å². The highest BCUT2D eigenvalue weighted by atomic mass is 32.2. The average molecular weight is 476 g/mol. The summed E-state index contributed by atoms with van der Waals surface area (Å²) < 4.78 is 39.0. The van der Waals surface area contributed by atoms with Crippen LogP contribution in [0, 0.1) is 0 Å². The fraction of sp³-hybridized carbons (Fsp3) is 0.364. The van der Waals surface area contributed by atoms with Crippen molar-refractivity contribution in [2.45, 2.75) is 31.6 Å². The second-order valence-electron chi connectivity index (χ2n) is 7.24. The molecule has 8 nitrogen and oxygen atoms in total. The van der Waals surface area contributed by atoms with Crippen LogP contribution in [0.1, 0.15) is 37.0 Å². The Labute approximate surface area is 191 Å². The van der Waals surface area contributed by atoms with Crippen LogP contribution < -0.4 is 14.8 Å². The lowest BCUT2D eigenvalue weighted by molar-refractivity contribution is 0.102. The molecule has 2 heterocycles. The van der Waals surface area contributed by atoms with Gasteiger partial charge in [0, 0.05) is 18.7 Å². The molecule has 0 saturated carbocycles. The standard InChI is InChI=1S/C22H25N3O5S2/c1-3-29-18-10-7-15(13-19(18)30-4-2)21(26)24-22-23-17-9-8-16(14-20(17)31-22)32(27,28)25-11-5-6-12-25/h7-10,13-14H,3-6,11-12H2,1-2H3,(H,23,24,26). The van der Waals surface area contributed by atoms with Crippen LogP contribution in [0.5, 0.6) is 11.5 Å². The number of carbonyl (C=O) groups excluding carboxylic acids is 1. The second kappa shape index (κ2) is 9.43. The third-order valence-corrected chi connectivity index (χ3v) is 7.92. The van der Waals surface area contributed by atoms with E-state index in [0.29, 0.717) is 58.7 Å². The van der Waals surface area contributed by atoms with E-state index in [0.717, 1.165) is 12.8 Å². The Kier molecular flexibility index (Phi) is 6.63. The van der Waals surface area contributed by atoms with Crippen molar-refractivity contribution in [2.24, 2.45) is 0 Å². The molecule has 3 aromatic rings. The van der Waals surface area contributed by atoms with Crippen molar-refractivity contribution in [1.29, 1.82) is 0 Å². The largest absolute Gasteiger partial charge is 0.490 e. The summed E-state index contributed by atoms with van der Waals surface area (Å²) in [6.45, 7) is 5.79. The summed E-state index contributed by atoms with van der Waals surface area (Å²) in [7, 11) is -3.51. The highest BCUT2D eigenvalue weighted by Gasteiger charge is 2.27. The minimum absolute atomic E-state index is 0.251. The molecule has 4 rings (SSSR count). The van der Waals surface area contributed by atoms with Gasteiger partial charge in [-0.05, 0) is 63.1 Å². The van der Waals surface area contributed by atoms with Gasteiger partial charge < -0.3 is 9.47 Å². The molecular formula is C22H25N3O5S2. The van der Waals surface area contributed by atoms with Crippen LogP contribution in [-0.4, -0.2) is 49.9 Å². The lowest BCUT2D eigenvalue weighted by Gasteiger charge is -2.15. The number of fused-ring (bicyclic) bond motifs is 1. The maximum atomic E-state index is 12.8. The zero-order valence-corrected chi connectivity index (χ0v) is 19.6. The Bertz CT molecular complexity index is 1230. The summed E-state index contributed by atoms with van der Waals surface area (Å²) in [6, 6.07) is 9.88. The number of nitrogens with one attached hydrogen (secondary N) is 1. The fourth-order valence-electron chi connectivity index (χ4n) is 3.56. The molecule has 0 radical (unpaired) electrons. The molecule has 1 fully saturated rings. The third kappa shape index (κ3) is 4.57. The maximum absolute atomic E-state index is 12.8. The maximum Gasteiger partial charge on any atom is 0.257 e. The number of thiazole rings is 1. The van der Waals surface area contributed by atoms with E-state index in [-0.39, 0.29) is 10.8 Å². The van der Waals surface area contributed by atoms with E-state index < -0.39 is 10.0 Å². The molecule has 2 aromatic carbocycles. The number of rotatable bonds is 8. The first kappa shape index (κ1) is 22.5. The number of hydrogen-bond donors (Lipinski definition) is 1. The van der Waals surface area contributed by atoms with Crippen molar-refractivity contribution < 1.29 is 22.7 Å². The lowest BCUT2D eigenvalue weighted by Crippen LogP contribution is -2.27. The average Bonchev–Trinajstić information content (AvgIpc) is 3.44. The van der Waals surface area contributed by atoms with Crippen molar-refractivity contribution in [2.75, 3.05) is 31.6 Å². The summed E-state index contributed by atoms with van der Waals surface area (Å²) >= 11 is 1.24. The van der Waals surface area contributed by atoms with Crippen molar-refractivity contribution in [3.8, 4) is 11.5 Å². The lowest BCUT2D eigenvalue weighted by atomic mass is 10.2. The molecule has 0 bridgehead atoms. The van der Waals surface area contributed by atoms with Gasteiger partial charge in [0.25, 0.3) is 5.91 Å². The second-order valence-corrected chi connectivity index (χ2v) is 10.2. The molecule has 0 spiro atoms. The van der Waals surface area contributed by atoms with Crippen LogP contribution >= 0.6 is 11.3 Å². The number of hydrogen-bond acceptors (Lipinski definition) is 7. The molecule has 10 heteroatoms. The van der Waals surface area contributed by atoms with Gasteiger partial charge in [0.05, 0.1) is 28.3 Å².